The van der Waals surface area contributed by atoms with Crippen LogP contribution in [0, 0.1) is 5.82 Å². The molecule has 0 aromatic heterocycles. The van der Waals surface area contributed by atoms with E-state index in [1.165, 1.54) is 12.1 Å². The van der Waals surface area contributed by atoms with Crippen LogP contribution in [0.25, 0.3) is 0 Å². The van der Waals surface area contributed by atoms with Gasteiger partial charge in [-0.3, -0.25) is 0 Å². The average molecular weight is 218 g/mol. The summed E-state index contributed by atoms with van der Waals surface area (Å²) in [7, 11) is 0. The van der Waals surface area contributed by atoms with Gasteiger partial charge in [-0.15, -0.1) is 0 Å². The minimum Gasteiger partial charge on any atom is -0.491 e. The van der Waals surface area contributed by atoms with Crippen LogP contribution in [0.3, 0.4) is 0 Å². The van der Waals surface area contributed by atoms with Gasteiger partial charge in [0.25, 0.3) is 0 Å². The van der Waals surface area contributed by atoms with Crippen molar-refractivity contribution in [1.29, 1.82) is 0 Å². The normalized spacial score (nSPS) is 10.2. The predicted octanol–water partition coefficient (Wildman–Crippen LogP) is 3.24. The van der Waals surface area contributed by atoms with Crippen molar-refractivity contribution in [3.63, 3.8) is 0 Å². The lowest BCUT2D eigenvalue weighted by Gasteiger charge is -2.08. The Morgan fingerprint density at radius 3 is 2.86 bits per heavy atom. The molecule has 0 spiro atoms. The van der Waals surface area contributed by atoms with Gasteiger partial charge in [-0.25, -0.2) is 4.39 Å². The van der Waals surface area contributed by atoms with Gasteiger partial charge < -0.3 is 10.5 Å². The van der Waals surface area contributed by atoms with E-state index in [1.54, 1.807) is 0 Å². The first kappa shape index (κ1) is 11.1. The summed E-state index contributed by atoms with van der Waals surface area (Å²) in [6, 6.07) is 2.57. The first-order valence-electron chi connectivity index (χ1n) is 4.52. The highest BCUT2D eigenvalue weighted by Gasteiger charge is 2.06. The predicted molar refractivity (Wildman–Crippen MR) is 56.2 cm³/mol. The molecular weight excluding hydrogens is 205 g/mol. The van der Waals surface area contributed by atoms with Gasteiger partial charge in [0.05, 0.1) is 17.3 Å². The average Bonchev–Trinajstić information content (AvgIpc) is 2.14. The van der Waals surface area contributed by atoms with Gasteiger partial charge in [0, 0.05) is 6.07 Å². The number of hydrogen-bond donors (Lipinski definition) is 1. The molecule has 0 aliphatic rings. The molecule has 2 nitrogen and oxygen atoms in total. The van der Waals surface area contributed by atoms with Crippen LogP contribution in [0.5, 0.6) is 5.75 Å². The summed E-state index contributed by atoms with van der Waals surface area (Å²) < 4.78 is 18.3. The van der Waals surface area contributed by atoms with Crippen molar-refractivity contribution in [2.75, 3.05) is 12.3 Å². The minimum absolute atomic E-state index is 0.0188. The fourth-order valence-electron chi connectivity index (χ4n) is 0.995. The van der Waals surface area contributed by atoms with Gasteiger partial charge in [0.1, 0.15) is 11.6 Å². The van der Waals surface area contributed by atoms with Gasteiger partial charge in [0.2, 0.25) is 0 Å². The topological polar surface area (TPSA) is 35.2 Å². The molecule has 2 N–H and O–H groups in total. The third-order valence-electron chi connectivity index (χ3n) is 1.81. The van der Waals surface area contributed by atoms with Crippen LogP contribution in [0.4, 0.5) is 10.1 Å². The maximum Gasteiger partial charge on any atom is 0.145 e. The lowest BCUT2D eigenvalue weighted by atomic mass is 10.3. The van der Waals surface area contributed by atoms with Crippen molar-refractivity contribution in [2.24, 2.45) is 0 Å². The number of anilines is 1. The molecule has 0 aliphatic carbocycles. The molecular formula is C10H13ClFNO. The van der Waals surface area contributed by atoms with Crippen LogP contribution in [0.2, 0.25) is 5.02 Å². The SMILES string of the molecule is CCCCOc1cc(F)c(Cl)cc1N. The number of benzene rings is 1. The highest BCUT2D eigenvalue weighted by Crippen LogP contribution is 2.28. The molecule has 1 aromatic rings. The van der Waals surface area contributed by atoms with Gasteiger partial charge >= 0.3 is 0 Å². The lowest BCUT2D eigenvalue weighted by Crippen LogP contribution is -2.00. The molecule has 1 rings (SSSR count). The molecule has 0 amide bonds. The Labute approximate surface area is 87.8 Å². The molecule has 0 fully saturated rings. The number of unbranched alkanes of at least 4 members (excludes halogenated alkanes) is 1. The van der Waals surface area contributed by atoms with Gasteiger partial charge in [0.15, 0.2) is 0 Å². The summed E-state index contributed by atoms with van der Waals surface area (Å²) in [4.78, 5) is 0. The molecule has 4 heteroatoms. The van der Waals surface area contributed by atoms with Crippen LogP contribution < -0.4 is 10.5 Å². The van der Waals surface area contributed by atoms with Crippen molar-refractivity contribution < 1.29 is 9.13 Å². The Morgan fingerprint density at radius 1 is 1.50 bits per heavy atom. The zero-order valence-corrected chi connectivity index (χ0v) is 8.77. The quantitative estimate of drug-likeness (QED) is 0.621. The Hall–Kier alpha value is -0.960. The van der Waals surface area contributed by atoms with E-state index in [0.29, 0.717) is 18.0 Å². The zero-order chi connectivity index (χ0) is 10.6. The fraction of sp³-hybridized carbons (Fsp3) is 0.400. The van der Waals surface area contributed by atoms with E-state index in [4.69, 9.17) is 22.1 Å². The van der Waals surface area contributed by atoms with Crippen LogP contribution in [0.15, 0.2) is 12.1 Å². The molecule has 0 radical (unpaired) electrons. The molecule has 0 saturated heterocycles. The number of hydrogen-bond acceptors (Lipinski definition) is 2. The summed E-state index contributed by atoms with van der Waals surface area (Å²) >= 11 is 5.54. The summed E-state index contributed by atoms with van der Waals surface area (Å²) in [5.74, 6) is -0.146. The minimum atomic E-state index is -0.507. The molecule has 1 aromatic carbocycles. The van der Waals surface area contributed by atoms with E-state index >= 15 is 0 Å². The van der Waals surface area contributed by atoms with E-state index in [9.17, 15) is 4.39 Å². The number of nitrogens with two attached hydrogens (primary N) is 1. The molecule has 0 aliphatic heterocycles. The first-order chi connectivity index (χ1) is 6.65. The molecule has 0 atom stereocenters. The van der Waals surface area contributed by atoms with Crippen molar-refractivity contribution >= 4 is 17.3 Å². The second kappa shape index (κ2) is 5.05. The van der Waals surface area contributed by atoms with Gasteiger partial charge in [-0.1, -0.05) is 24.9 Å². The van der Waals surface area contributed by atoms with Gasteiger partial charge in [-0.05, 0) is 12.5 Å². The molecule has 0 unspecified atom stereocenters. The van der Waals surface area contributed by atoms with Crippen LogP contribution in [0.1, 0.15) is 19.8 Å². The highest BCUT2D eigenvalue weighted by molar-refractivity contribution is 6.31. The smallest absolute Gasteiger partial charge is 0.145 e. The van der Waals surface area contributed by atoms with E-state index < -0.39 is 5.82 Å². The third kappa shape index (κ3) is 2.77. The van der Waals surface area contributed by atoms with Crippen molar-refractivity contribution in [3.05, 3.63) is 23.0 Å². The number of halogens is 2. The summed E-state index contributed by atoms with van der Waals surface area (Å²) in [6.07, 6.45) is 1.94. The fourth-order valence-corrected chi connectivity index (χ4v) is 1.17. The maximum absolute atomic E-state index is 13.0. The first-order valence-corrected chi connectivity index (χ1v) is 4.90. The number of ether oxygens (including phenoxy) is 1. The number of rotatable bonds is 4. The zero-order valence-electron chi connectivity index (χ0n) is 8.02. The van der Waals surface area contributed by atoms with Gasteiger partial charge in [-0.2, -0.15) is 0 Å². The standard InChI is InChI=1S/C10H13ClFNO/c1-2-3-4-14-10-6-8(12)7(11)5-9(10)13/h5-6H,2-4,13H2,1H3. The number of nitrogen functional groups attached to an aromatic ring is 1. The molecule has 0 bridgehead atoms. The molecule has 14 heavy (non-hydrogen) atoms. The van der Waals surface area contributed by atoms with Crippen LogP contribution >= 0.6 is 11.6 Å². The second-order valence-corrected chi connectivity index (χ2v) is 3.41. The Kier molecular flexibility index (Phi) is 4.01. The molecule has 0 heterocycles. The third-order valence-corrected chi connectivity index (χ3v) is 2.10. The lowest BCUT2D eigenvalue weighted by molar-refractivity contribution is 0.309. The second-order valence-electron chi connectivity index (χ2n) is 3.01. The van der Waals surface area contributed by atoms with Crippen molar-refractivity contribution in [3.8, 4) is 5.75 Å². The van der Waals surface area contributed by atoms with E-state index in [-0.39, 0.29) is 5.02 Å². The Bertz CT molecular complexity index is 317. The maximum atomic E-state index is 13.0. The highest BCUT2D eigenvalue weighted by atomic mass is 35.5. The van der Waals surface area contributed by atoms with E-state index in [0.717, 1.165) is 12.8 Å². The summed E-state index contributed by atoms with van der Waals surface area (Å²) in [5, 5.41) is 0.0188. The van der Waals surface area contributed by atoms with E-state index in [1.807, 2.05) is 0 Å². The Morgan fingerprint density at radius 2 is 2.21 bits per heavy atom. The summed E-state index contributed by atoms with van der Waals surface area (Å²) in [5.41, 5.74) is 5.96. The summed E-state index contributed by atoms with van der Waals surface area (Å²) in [6.45, 7) is 2.59. The van der Waals surface area contributed by atoms with Crippen LogP contribution in [-0.2, 0) is 0 Å². The van der Waals surface area contributed by atoms with Crippen molar-refractivity contribution in [2.45, 2.75) is 19.8 Å². The molecule has 0 saturated carbocycles. The van der Waals surface area contributed by atoms with Crippen molar-refractivity contribution in [1.82, 2.24) is 0 Å². The monoisotopic (exact) mass is 217 g/mol. The van der Waals surface area contributed by atoms with Crippen LogP contribution in [-0.4, -0.2) is 6.61 Å². The molecule has 78 valence electrons. The Balaban J connectivity index is 2.72. The van der Waals surface area contributed by atoms with E-state index in [2.05, 4.69) is 6.92 Å². The largest absolute Gasteiger partial charge is 0.491 e.